The normalized spacial score (nSPS) is 10.7. The van der Waals surface area contributed by atoms with Crippen molar-refractivity contribution in [1.82, 2.24) is 0 Å². The fourth-order valence-corrected chi connectivity index (χ4v) is 2.58. The lowest BCUT2D eigenvalue weighted by Gasteiger charge is -2.08. The van der Waals surface area contributed by atoms with Gasteiger partial charge in [-0.25, -0.2) is 4.79 Å². The van der Waals surface area contributed by atoms with E-state index in [1.807, 2.05) is 54.6 Å². The van der Waals surface area contributed by atoms with Crippen LogP contribution in [0.15, 0.2) is 72.8 Å². The Morgan fingerprint density at radius 2 is 1.70 bits per heavy atom. The van der Waals surface area contributed by atoms with Gasteiger partial charge in [-0.3, -0.25) is 4.79 Å². The van der Waals surface area contributed by atoms with Crippen molar-refractivity contribution in [2.45, 2.75) is 0 Å². The number of methoxy groups -OCH3 is 1. The summed E-state index contributed by atoms with van der Waals surface area (Å²) in [5.41, 5.74) is 1.51. The lowest BCUT2D eigenvalue weighted by molar-refractivity contribution is -0.142. The molecule has 5 heteroatoms. The van der Waals surface area contributed by atoms with Crippen LogP contribution in [-0.4, -0.2) is 25.6 Å². The summed E-state index contributed by atoms with van der Waals surface area (Å²) in [5, 5.41) is 4.73. The number of fused-ring (bicyclic) bond motifs is 1. The summed E-state index contributed by atoms with van der Waals surface area (Å²) in [6.45, 7) is -0.352. The first-order valence-electron chi connectivity index (χ1n) is 8.42. The van der Waals surface area contributed by atoms with E-state index in [4.69, 9.17) is 9.47 Å². The van der Waals surface area contributed by atoms with Crippen molar-refractivity contribution in [3.63, 3.8) is 0 Å². The largest absolute Gasteiger partial charge is 0.497 e. The van der Waals surface area contributed by atoms with E-state index in [-0.39, 0.29) is 6.61 Å². The third-order valence-electron chi connectivity index (χ3n) is 3.94. The van der Waals surface area contributed by atoms with E-state index in [2.05, 4.69) is 5.32 Å². The molecule has 0 bridgehead atoms. The molecule has 136 valence electrons. The van der Waals surface area contributed by atoms with Gasteiger partial charge >= 0.3 is 5.97 Å². The Labute approximate surface area is 157 Å². The number of amides is 1. The van der Waals surface area contributed by atoms with Gasteiger partial charge in [0.1, 0.15) is 5.75 Å². The summed E-state index contributed by atoms with van der Waals surface area (Å²) >= 11 is 0. The van der Waals surface area contributed by atoms with Crippen molar-refractivity contribution in [2.24, 2.45) is 0 Å². The zero-order valence-electron chi connectivity index (χ0n) is 14.8. The maximum absolute atomic E-state index is 12.1. The average molecular weight is 361 g/mol. The maximum atomic E-state index is 12.1. The van der Waals surface area contributed by atoms with Crippen molar-refractivity contribution in [1.29, 1.82) is 0 Å². The molecule has 0 aliphatic heterocycles. The highest BCUT2D eigenvalue weighted by Gasteiger charge is 2.08. The minimum absolute atomic E-state index is 0.352. The smallest absolute Gasteiger partial charge is 0.331 e. The van der Waals surface area contributed by atoms with Gasteiger partial charge in [0.05, 0.1) is 7.11 Å². The van der Waals surface area contributed by atoms with Gasteiger partial charge in [0, 0.05) is 17.1 Å². The molecule has 0 radical (unpaired) electrons. The van der Waals surface area contributed by atoms with Crippen LogP contribution in [0.3, 0.4) is 0 Å². The Morgan fingerprint density at radius 3 is 2.48 bits per heavy atom. The Hall–Kier alpha value is -3.60. The highest BCUT2D eigenvalue weighted by Crippen LogP contribution is 2.22. The molecule has 3 aromatic rings. The Balaban J connectivity index is 1.53. The van der Waals surface area contributed by atoms with Crippen molar-refractivity contribution >= 4 is 34.4 Å². The minimum Gasteiger partial charge on any atom is -0.497 e. The summed E-state index contributed by atoms with van der Waals surface area (Å²) in [4.78, 5) is 23.9. The molecule has 0 saturated carbocycles. The number of hydrogen-bond donors (Lipinski definition) is 1. The van der Waals surface area contributed by atoms with Gasteiger partial charge < -0.3 is 14.8 Å². The molecular formula is C22H19NO4. The fraction of sp³-hybridized carbons (Fsp3) is 0.0909. The molecule has 27 heavy (non-hydrogen) atoms. The van der Waals surface area contributed by atoms with Gasteiger partial charge in [-0.1, -0.05) is 48.5 Å². The van der Waals surface area contributed by atoms with Crippen LogP contribution in [0, 0.1) is 0 Å². The standard InChI is InChI=1S/C22H19NO4/c1-26-18-12-9-16(10-13-18)11-14-22(25)27-15-21(24)23-20-8-4-6-17-5-2-3-7-19(17)20/h2-14H,15H2,1H3,(H,23,24)/b14-11+. The molecule has 1 amide bonds. The van der Waals surface area contributed by atoms with E-state index in [1.54, 1.807) is 25.3 Å². The predicted octanol–water partition coefficient (Wildman–Crippen LogP) is 4.04. The molecule has 0 saturated heterocycles. The van der Waals surface area contributed by atoms with Crippen molar-refractivity contribution in [3.05, 3.63) is 78.4 Å². The summed E-state index contributed by atoms with van der Waals surface area (Å²) in [6.07, 6.45) is 2.90. The average Bonchev–Trinajstić information content (AvgIpc) is 2.71. The van der Waals surface area contributed by atoms with Gasteiger partial charge in [-0.15, -0.1) is 0 Å². The van der Waals surface area contributed by atoms with E-state index in [1.165, 1.54) is 6.08 Å². The first-order chi connectivity index (χ1) is 13.2. The van der Waals surface area contributed by atoms with E-state index < -0.39 is 11.9 Å². The van der Waals surface area contributed by atoms with Crippen LogP contribution < -0.4 is 10.1 Å². The van der Waals surface area contributed by atoms with Gasteiger partial charge in [-0.05, 0) is 35.2 Å². The van der Waals surface area contributed by atoms with Gasteiger partial charge in [0.25, 0.3) is 5.91 Å². The van der Waals surface area contributed by atoms with E-state index >= 15 is 0 Å². The Morgan fingerprint density at radius 1 is 0.963 bits per heavy atom. The number of benzene rings is 3. The number of ether oxygens (including phenoxy) is 2. The van der Waals surface area contributed by atoms with Crippen LogP contribution in [0.4, 0.5) is 5.69 Å². The van der Waals surface area contributed by atoms with Crippen LogP contribution in [0.1, 0.15) is 5.56 Å². The van der Waals surface area contributed by atoms with Crippen LogP contribution >= 0.6 is 0 Å². The molecule has 0 aromatic heterocycles. The lowest BCUT2D eigenvalue weighted by Crippen LogP contribution is -2.20. The molecule has 0 unspecified atom stereocenters. The lowest BCUT2D eigenvalue weighted by atomic mass is 10.1. The molecule has 1 N–H and O–H groups in total. The summed E-state index contributed by atoms with van der Waals surface area (Å²) < 4.78 is 10.1. The number of carbonyl (C=O) groups excluding carboxylic acids is 2. The van der Waals surface area contributed by atoms with Gasteiger partial charge in [0.2, 0.25) is 0 Å². The van der Waals surface area contributed by atoms with E-state index in [0.717, 1.165) is 22.1 Å². The van der Waals surface area contributed by atoms with E-state index in [0.29, 0.717) is 5.69 Å². The maximum Gasteiger partial charge on any atom is 0.331 e. The van der Waals surface area contributed by atoms with Crippen LogP contribution in [0.5, 0.6) is 5.75 Å². The second-order valence-electron chi connectivity index (χ2n) is 5.79. The third kappa shape index (κ3) is 4.95. The second kappa shape index (κ2) is 8.67. The molecule has 0 spiro atoms. The molecule has 0 heterocycles. The monoisotopic (exact) mass is 361 g/mol. The predicted molar refractivity (Wildman–Crippen MR) is 106 cm³/mol. The Bertz CT molecular complexity index is 972. The van der Waals surface area contributed by atoms with Crippen molar-refractivity contribution in [2.75, 3.05) is 19.0 Å². The quantitative estimate of drug-likeness (QED) is 0.531. The number of anilines is 1. The van der Waals surface area contributed by atoms with Gasteiger partial charge in [-0.2, -0.15) is 0 Å². The minimum atomic E-state index is -0.584. The molecule has 0 aliphatic rings. The molecule has 0 fully saturated rings. The van der Waals surface area contributed by atoms with Crippen LogP contribution in [-0.2, 0) is 14.3 Å². The topological polar surface area (TPSA) is 64.6 Å². The zero-order valence-corrected chi connectivity index (χ0v) is 14.8. The molecular weight excluding hydrogens is 342 g/mol. The Kier molecular flexibility index (Phi) is 5.84. The highest BCUT2D eigenvalue weighted by molar-refractivity contribution is 6.03. The highest BCUT2D eigenvalue weighted by atomic mass is 16.5. The van der Waals surface area contributed by atoms with Gasteiger partial charge in [0.15, 0.2) is 6.61 Å². The third-order valence-corrected chi connectivity index (χ3v) is 3.94. The molecule has 3 aromatic carbocycles. The van der Waals surface area contributed by atoms with E-state index in [9.17, 15) is 9.59 Å². The zero-order chi connectivity index (χ0) is 19.1. The second-order valence-corrected chi connectivity index (χ2v) is 5.79. The van der Waals surface area contributed by atoms with Crippen molar-refractivity contribution in [3.8, 4) is 5.75 Å². The molecule has 3 rings (SSSR count). The fourth-order valence-electron chi connectivity index (χ4n) is 2.58. The summed E-state index contributed by atoms with van der Waals surface area (Å²) in [7, 11) is 1.59. The van der Waals surface area contributed by atoms with Crippen molar-refractivity contribution < 1.29 is 19.1 Å². The number of nitrogens with one attached hydrogen (secondary N) is 1. The SMILES string of the molecule is COc1ccc(/C=C/C(=O)OCC(=O)Nc2cccc3ccccc23)cc1. The molecule has 5 nitrogen and oxygen atoms in total. The number of carbonyl (C=O) groups is 2. The summed E-state index contributed by atoms with van der Waals surface area (Å²) in [5.74, 6) is -0.240. The summed E-state index contributed by atoms with van der Waals surface area (Å²) in [6, 6.07) is 20.6. The van der Waals surface area contributed by atoms with Crippen LogP contribution in [0.25, 0.3) is 16.8 Å². The first-order valence-corrected chi connectivity index (χ1v) is 8.42. The first kappa shape index (κ1) is 18.2. The molecule has 0 atom stereocenters. The number of hydrogen-bond acceptors (Lipinski definition) is 4. The molecule has 0 aliphatic carbocycles. The number of rotatable bonds is 6. The number of esters is 1. The van der Waals surface area contributed by atoms with Crippen LogP contribution in [0.2, 0.25) is 0 Å².